The van der Waals surface area contributed by atoms with Crippen LogP contribution in [0.25, 0.3) is 0 Å². The van der Waals surface area contributed by atoms with Crippen LogP contribution in [0, 0.1) is 0 Å². The van der Waals surface area contributed by atoms with E-state index >= 15 is 0 Å². The molecular weight excluding hydrogens is 201 g/mol. The van der Waals surface area contributed by atoms with Gasteiger partial charge in [0, 0.05) is 5.56 Å². The molecule has 0 saturated carbocycles. The summed E-state index contributed by atoms with van der Waals surface area (Å²) < 4.78 is 16.7. The van der Waals surface area contributed by atoms with Crippen molar-refractivity contribution in [2.75, 3.05) is 13.3 Å². The van der Waals surface area contributed by atoms with Crippen LogP contribution in [-0.2, 0) is 11.3 Å². The Morgan fingerprint density at radius 2 is 2.00 bits per heavy atom. The number of nitrogens with two attached hydrogens (primary N) is 1. The van der Waals surface area contributed by atoms with Gasteiger partial charge in [-0.1, -0.05) is 36.5 Å². The molecule has 0 radical (unpaired) electrons. The highest BCUT2D eigenvalue weighted by atomic mass is 32.1. The second kappa shape index (κ2) is 5.67. The third kappa shape index (κ3) is 3.40. The molecule has 0 heterocycles. The first kappa shape index (κ1) is 11.1. The Bertz CT molecular complexity index is 299. The minimum Gasteiger partial charge on any atom is -0.389 e. The topological polar surface area (TPSA) is 35.2 Å². The van der Waals surface area contributed by atoms with Gasteiger partial charge >= 0.3 is 0 Å². The predicted molar refractivity (Wildman–Crippen MR) is 58.0 cm³/mol. The van der Waals surface area contributed by atoms with Gasteiger partial charge in [0.1, 0.15) is 11.7 Å². The van der Waals surface area contributed by atoms with Crippen LogP contribution in [0.3, 0.4) is 0 Å². The van der Waals surface area contributed by atoms with Crippen LogP contribution < -0.4 is 5.73 Å². The first-order chi connectivity index (χ1) is 6.74. The molecule has 14 heavy (non-hydrogen) atoms. The molecule has 0 aliphatic carbocycles. The molecule has 0 spiro atoms. The summed E-state index contributed by atoms with van der Waals surface area (Å²) in [5.41, 5.74) is 7.25. The highest BCUT2D eigenvalue weighted by molar-refractivity contribution is 7.80. The molecule has 0 fully saturated rings. The lowest BCUT2D eigenvalue weighted by Gasteiger charge is -2.03. The van der Waals surface area contributed by atoms with Gasteiger partial charge in [0.25, 0.3) is 0 Å². The van der Waals surface area contributed by atoms with E-state index in [1.54, 1.807) is 0 Å². The fraction of sp³-hybridized carbons (Fsp3) is 0.300. The maximum absolute atomic E-state index is 11.7. The van der Waals surface area contributed by atoms with Crippen molar-refractivity contribution in [3.63, 3.8) is 0 Å². The van der Waals surface area contributed by atoms with E-state index in [2.05, 4.69) is 0 Å². The van der Waals surface area contributed by atoms with E-state index in [0.717, 1.165) is 11.1 Å². The zero-order valence-corrected chi connectivity index (χ0v) is 8.52. The van der Waals surface area contributed by atoms with E-state index in [1.807, 2.05) is 24.3 Å². The van der Waals surface area contributed by atoms with Crippen LogP contribution in [0.15, 0.2) is 24.3 Å². The molecule has 2 N–H and O–H groups in total. The Morgan fingerprint density at radius 1 is 1.36 bits per heavy atom. The maximum atomic E-state index is 11.7. The van der Waals surface area contributed by atoms with Gasteiger partial charge in [-0.05, 0) is 5.56 Å². The van der Waals surface area contributed by atoms with E-state index in [9.17, 15) is 4.39 Å². The molecule has 1 rings (SSSR count). The second-order valence-electron chi connectivity index (χ2n) is 2.80. The van der Waals surface area contributed by atoms with Crippen molar-refractivity contribution in [3.05, 3.63) is 35.4 Å². The highest BCUT2D eigenvalue weighted by Gasteiger charge is 1.96. The average molecular weight is 213 g/mol. The number of halogens is 1. The number of rotatable bonds is 5. The van der Waals surface area contributed by atoms with E-state index in [-0.39, 0.29) is 6.61 Å². The Kier molecular flexibility index (Phi) is 4.49. The minimum absolute atomic E-state index is 0.136. The van der Waals surface area contributed by atoms with Crippen molar-refractivity contribution in [1.29, 1.82) is 0 Å². The summed E-state index contributed by atoms with van der Waals surface area (Å²) in [6, 6.07) is 7.40. The van der Waals surface area contributed by atoms with Crippen LogP contribution in [0.2, 0.25) is 0 Å². The van der Waals surface area contributed by atoms with Gasteiger partial charge in [-0.25, -0.2) is 4.39 Å². The first-order valence-corrected chi connectivity index (χ1v) is 4.67. The SMILES string of the molecule is NC(=S)c1ccc(COCCF)cc1. The van der Waals surface area contributed by atoms with E-state index in [1.165, 1.54) is 0 Å². The molecule has 2 nitrogen and oxygen atoms in total. The molecule has 0 aromatic heterocycles. The van der Waals surface area contributed by atoms with Crippen LogP contribution in [0.5, 0.6) is 0 Å². The average Bonchev–Trinajstić information content (AvgIpc) is 2.19. The van der Waals surface area contributed by atoms with Gasteiger partial charge in [0.05, 0.1) is 13.2 Å². The Labute approximate surface area is 87.9 Å². The molecule has 0 unspecified atom stereocenters. The minimum atomic E-state index is -0.453. The quantitative estimate of drug-likeness (QED) is 0.598. The smallest absolute Gasteiger partial charge is 0.113 e. The second-order valence-corrected chi connectivity index (χ2v) is 3.24. The van der Waals surface area contributed by atoms with Gasteiger partial charge in [-0.15, -0.1) is 0 Å². The summed E-state index contributed by atoms with van der Waals surface area (Å²) in [5.74, 6) is 0. The molecule has 0 saturated heterocycles. The molecule has 1 aromatic rings. The van der Waals surface area contributed by atoms with Gasteiger partial charge in [0.2, 0.25) is 0 Å². The zero-order valence-electron chi connectivity index (χ0n) is 7.70. The number of hydrogen-bond donors (Lipinski definition) is 1. The molecule has 0 bridgehead atoms. The molecular formula is C10H12FNOS. The Morgan fingerprint density at radius 3 is 2.50 bits per heavy atom. The zero-order chi connectivity index (χ0) is 10.4. The highest BCUT2D eigenvalue weighted by Crippen LogP contribution is 2.05. The lowest BCUT2D eigenvalue weighted by atomic mass is 10.1. The van der Waals surface area contributed by atoms with E-state index < -0.39 is 6.67 Å². The fourth-order valence-corrected chi connectivity index (χ4v) is 1.15. The van der Waals surface area contributed by atoms with E-state index in [0.29, 0.717) is 11.6 Å². The summed E-state index contributed by atoms with van der Waals surface area (Å²) in [4.78, 5) is 0.376. The summed E-state index contributed by atoms with van der Waals surface area (Å²) in [7, 11) is 0. The number of ether oxygens (including phenoxy) is 1. The molecule has 0 atom stereocenters. The van der Waals surface area contributed by atoms with Gasteiger partial charge in [-0.3, -0.25) is 0 Å². The largest absolute Gasteiger partial charge is 0.389 e. The van der Waals surface area contributed by atoms with E-state index in [4.69, 9.17) is 22.7 Å². The monoisotopic (exact) mass is 213 g/mol. The number of thiocarbonyl (C=S) groups is 1. The first-order valence-electron chi connectivity index (χ1n) is 4.26. The maximum Gasteiger partial charge on any atom is 0.113 e. The molecule has 0 aliphatic rings. The fourth-order valence-electron chi connectivity index (χ4n) is 1.01. The third-order valence-electron chi connectivity index (χ3n) is 1.73. The number of alkyl halides is 1. The Hall–Kier alpha value is -1.00. The van der Waals surface area contributed by atoms with Gasteiger partial charge in [0.15, 0.2) is 0 Å². The van der Waals surface area contributed by atoms with Gasteiger partial charge < -0.3 is 10.5 Å². The van der Waals surface area contributed by atoms with Crippen molar-refractivity contribution in [1.82, 2.24) is 0 Å². The summed E-state index contributed by atoms with van der Waals surface area (Å²) >= 11 is 4.81. The third-order valence-corrected chi connectivity index (χ3v) is 1.96. The van der Waals surface area contributed by atoms with Crippen molar-refractivity contribution >= 4 is 17.2 Å². The van der Waals surface area contributed by atoms with Crippen LogP contribution >= 0.6 is 12.2 Å². The van der Waals surface area contributed by atoms with Crippen molar-refractivity contribution in [2.45, 2.75) is 6.61 Å². The van der Waals surface area contributed by atoms with Crippen molar-refractivity contribution < 1.29 is 9.13 Å². The van der Waals surface area contributed by atoms with Crippen molar-refractivity contribution in [2.24, 2.45) is 5.73 Å². The number of benzene rings is 1. The lowest BCUT2D eigenvalue weighted by molar-refractivity contribution is 0.106. The van der Waals surface area contributed by atoms with Crippen LogP contribution in [0.1, 0.15) is 11.1 Å². The molecule has 4 heteroatoms. The lowest BCUT2D eigenvalue weighted by Crippen LogP contribution is -2.09. The summed E-state index contributed by atoms with van der Waals surface area (Å²) in [5, 5.41) is 0. The van der Waals surface area contributed by atoms with Gasteiger partial charge in [-0.2, -0.15) is 0 Å². The standard InChI is InChI=1S/C10H12FNOS/c11-5-6-13-7-8-1-3-9(4-2-8)10(12)14/h1-4H,5-7H2,(H2,12,14). The normalized spacial score (nSPS) is 10.1. The summed E-state index contributed by atoms with van der Waals surface area (Å²) in [6.45, 7) is 0.101. The predicted octanol–water partition coefficient (Wildman–Crippen LogP) is 1.81. The molecule has 0 aliphatic heterocycles. The Balaban J connectivity index is 2.51. The molecule has 0 amide bonds. The van der Waals surface area contributed by atoms with Crippen LogP contribution in [-0.4, -0.2) is 18.3 Å². The molecule has 76 valence electrons. The summed E-state index contributed by atoms with van der Waals surface area (Å²) in [6.07, 6.45) is 0. The van der Waals surface area contributed by atoms with Crippen LogP contribution in [0.4, 0.5) is 4.39 Å². The number of hydrogen-bond acceptors (Lipinski definition) is 2. The molecule has 1 aromatic carbocycles. The van der Waals surface area contributed by atoms with Crippen molar-refractivity contribution in [3.8, 4) is 0 Å².